The third kappa shape index (κ3) is 3.01. The summed E-state index contributed by atoms with van der Waals surface area (Å²) in [5.41, 5.74) is 3.01. The Bertz CT molecular complexity index is 766. The van der Waals surface area contributed by atoms with Gasteiger partial charge in [-0.05, 0) is 36.5 Å². The van der Waals surface area contributed by atoms with Crippen molar-refractivity contribution in [3.05, 3.63) is 34.5 Å². The topological polar surface area (TPSA) is 79.5 Å². The van der Waals surface area contributed by atoms with Crippen molar-refractivity contribution in [3.63, 3.8) is 0 Å². The quantitative estimate of drug-likeness (QED) is 0.830. The standard InChI is InChI=1S/C18H23NO4/c1-11-14(10-21)13-8-12(17(22)23)9-15(18(2,3)4)16(13)19(11)6-5-7-20/h8-10,20H,5-7H2,1-4H3,(H,22,23). The third-order valence-corrected chi connectivity index (χ3v) is 4.18. The monoisotopic (exact) mass is 317 g/mol. The second-order valence-electron chi connectivity index (χ2n) is 6.82. The van der Waals surface area contributed by atoms with E-state index in [1.165, 1.54) is 0 Å². The number of carbonyl (C=O) groups excluding carboxylic acids is 1. The zero-order valence-corrected chi connectivity index (χ0v) is 14.0. The molecule has 0 aliphatic rings. The Hall–Kier alpha value is -2.14. The van der Waals surface area contributed by atoms with Crippen molar-refractivity contribution in [3.8, 4) is 0 Å². The highest BCUT2D eigenvalue weighted by Crippen LogP contribution is 2.35. The number of aromatic carboxylic acids is 1. The Labute approximate surface area is 135 Å². The number of aldehydes is 1. The van der Waals surface area contributed by atoms with Crippen molar-refractivity contribution in [2.24, 2.45) is 0 Å². The molecule has 2 aromatic rings. The number of benzene rings is 1. The molecule has 1 aromatic heterocycles. The number of hydrogen-bond donors (Lipinski definition) is 2. The van der Waals surface area contributed by atoms with Gasteiger partial charge in [-0.3, -0.25) is 4.79 Å². The van der Waals surface area contributed by atoms with E-state index >= 15 is 0 Å². The zero-order valence-electron chi connectivity index (χ0n) is 14.0. The summed E-state index contributed by atoms with van der Waals surface area (Å²) < 4.78 is 2.02. The van der Waals surface area contributed by atoms with Gasteiger partial charge in [0.05, 0.1) is 11.1 Å². The smallest absolute Gasteiger partial charge is 0.335 e. The number of aryl methyl sites for hydroxylation is 1. The second-order valence-corrected chi connectivity index (χ2v) is 6.82. The molecule has 0 saturated carbocycles. The summed E-state index contributed by atoms with van der Waals surface area (Å²) in [6.07, 6.45) is 1.36. The molecule has 2 N–H and O–H groups in total. The van der Waals surface area contributed by atoms with Gasteiger partial charge in [-0.2, -0.15) is 0 Å². The van der Waals surface area contributed by atoms with Crippen LogP contribution >= 0.6 is 0 Å². The molecule has 0 unspecified atom stereocenters. The first-order valence-electron chi connectivity index (χ1n) is 7.69. The lowest BCUT2D eigenvalue weighted by Crippen LogP contribution is -2.15. The molecular formula is C18H23NO4. The van der Waals surface area contributed by atoms with Crippen LogP contribution < -0.4 is 0 Å². The highest BCUT2D eigenvalue weighted by atomic mass is 16.4. The van der Waals surface area contributed by atoms with Crippen molar-refractivity contribution in [2.75, 3.05) is 6.61 Å². The fourth-order valence-electron chi connectivity index (χ4n) is 2.99. The second kappa shape index (κ2) is 6.16. The molecule has 2 rings (SSSR count). The average Bonchev–Trinajstić information content (AvgIpc) is 2.74. The fourth-order valence-corrected chi connectivity index (χ4v) is 2.99. The predicted molar refractivity (Wildman–Crippen MR) is 89.4 cm³/mol. The minimum Gasteiger partial charge on any atom is -0.478 e. The summed E-state index contributed by atoms with van der Waals surface area (Å²) in [6.45, 7) is 8.57. The van der Waals surface area contributed by atoms with Crippen LogP contribution in [0.5, 0.6) is 0 Å². The van der Waals surface area contributed by atoms with E-state index in [0.717, 1.165) is 23.1 Å². The van der Waals surface area contributed by atoms with Gasteiger partial charge in [0.15, 0.2) is 6.29 Å². The highest BCUT2D eigenvalue weighted by molar-refractivity contribution is 6.04. The van der Waals surface area contributed by atoms with Gasteiger partial charge in [-0.15, -0.1) is 0 Å². The first-order valence-corrected chi connectivity index (χ1v) is 7.69. The van der Waals surface area contributed by atoms with Crippen LogP contribution in [0.15, 0.2) is 12.1 Å². The van der Waals surface area contributed by atoms with Crippen LogP contribution in [0.1, 0.15) is 59.2 Å². The van der Waals surface area contributed by atoms with Crippen LogP contribution in [0.2, 0.25) is 0 Å². The average molecular weight is 317 g/mol. The van der Waals surface area contributed by atoms with Crippen molar-refractivity contribution >= 4 is 23.2 Å². The first-order chi connectivity index (χ1) is 10.7. The van der Waals surface area contributed by atoms with Crippen LogP contribution in [0, 0.1) is 6.92 Å². The summed E-state index contributed by atoms with van der Waals surface area (Å²) in [5, 5.41) is 19.2. The maximum Gasteiger partial charge on any atom is 0.335 e. The van der Waals surface area contributed by atoms with Crippen molar-refractivity contribution in [2.45, 2.75) is 46.1 Å². The van der Waals surface area contributed by atoms with Crippen LogP contribution in [-0.2, 0) is 12.0 Å². The molecule has 23 heavy (non-hydrogen) atoms. The van der Waals surface area contributed by atoms with Gasteiger partial charge >= 0.3 is 5.97 Å². The van der Waals surface area contributed by atoms with E-state index in [1.54, 1.807) is 12.1 Å². The molecule has 5 heteroatoms. The lowest BCUT2D eigenvalue weighted by molar-refractivity contribution is 0.0696. The molecule has 0 aliphatic carbocycles. The van der Waals surface area contributed by atoms with E-state index in [0.29, 0.717) is 23.9 Å². The van der Waals surface area contributed by atoms with Gasteiger partial charge in [-0.25, -0.2) is 4.79 Å². The Morgan fingerprint density at radius 1 is 1.30 bits per heavy atom. The number of aromatic nitrogens is 1. The largest absolute Gasteiger partial charge is 0.478 e. The number of nitrogens with zero attached hydrogens (tertiary/aromatic N) is 1. The Morgan fingerprint density at radius 3 is 2.43 bits per heavy atom. The van der Waals surface area contributed by atoms with Gasteiger partial charge in [0.2, 0.25) is 0 Å². The number of rotatable bonds is 5. The van der Waals surface area contributed by atoms with Gasteiger partial charge in [0.25, 0.3) is 0 Å². The van der Waals surface area contributed by atoms with E-state index in [2.05, 4.69) is 0 Å². The molecule has 1 heterocycles. The number of fused-ring (bicyclic) bond motifs is 1. The zero-order chi connectivity index (χ0) is 17.4. The summed E-state index contributed by atoms with van der Waals surface area (Å²) in [6, 6.07) is 3.26. The molecule has 0 bridgehead atoms. The van der Waals surface area contributed by atoms with Crippen LogP contribution in [0.3, 0.4) is 0 Å². The molecule has 0 fully saturated rings. The molecule has 1 aromatic carbocycles. The van der Waals surface area contributed by atoms with E-state index in [9.17, 15) is 14.7 Å². The molecule has 5 nitrogen and oxygen atoms in total. The van der Waals surface area contributed by atoms with Gasteiger partial charge < -0.3 is 14.8 Å². The molecule has 0 radical (unpaired) electrons. The Balaban J connectivity index is 2.94. The highest BCUT2D eigenvalue weighted by Gasteiger charge is 2.25. The Morgan fingerprint density at radius 2 is 1.96 bits per heavy atom. The summed E-state index contributed by atoms with van der Waals surface area (Å²) in [5.74, 6) is -1.00. The molecule has 0 spiro atoms. The maximum atomic E-state index is 11.6. The van der Waals surface area contributed by atoms with Gasteiger partial charge in [0, 0.05) is 29.8 Å². The van der Waals surface area contributed by atoms with E-state index in [4.69, 9.17) is 5.11 Å². The number of carboxylic acid groups (broad SMARTS) is 1. The minimum absolute atomic E-state index is 0.0631. The number of carboxylic acids is 1. The van der Waals surface area contributed by atoms with Gasteiger partial charge in [0.1, 0.15) is 0 Å². The molecule has 0 amide bonds. The van der Waals surface area contributed by atoms with Crippen LogP contribution in [0.4, 0.5) is 0 Å². The van der Waals surface area contributed by atoms with E-state index in [-0.39, 0.29) is 17.6 Å². The lowest BCUT2D eigenvalue weighted by atomic mass is 9.84. The summed E-state index contributed by atoms with van der Waals surface area (Å²) in [4.78, 5) is 23.0. The number of hydrogen-bond acceptors (Lipinski definition) is 3. The van der Waals surface area contributed by atoms with Crippen molar-refractivity contribution < 1.29 is 19.8 Å². The molecule has 0 atom stereocenters. The van der Waals surface area contributed by atoms with E-state index < -0.39 is 5.97 Å². The molecular weight excluding hydrogens is 294 g/mol. The van der Waals surface area contributed by atoms with Crippen molar-refractivity contribution in [1.82, 2.24) is 4.57 Å². The van der Waals surface area contributed by atoms with Crippen LogP contribution in [-0.4, -0.2) is 33.6 Å². The summed E-state index contributed by atoms with van der Waals surface area (Å²) in [7, 11) is 0. The van der Waals surface area contributed by atoms with Crippen LogP contribution in [0.25, 0.3) is 10.9 Å². The first kappa shape index (κ1) is 17.2. The Kier molecular flexibility index (Phi) is 4.61. The lowest BCUT2D eigenvalue weighted by Gasteiger charge is -2.23. The number of carbonyl (C=O) groups is 2. The molecule has 124 valence electrons. The predicted octanol–water partition coefficient (Wildman–Crippen LogP) is 3.14. The number of aliphatic hydroxyl groups excluding tert-OH is 1. The minimum atomic E-state index is -1.00. The molecule has 0 aliphatic heterocycles. The summed E-state index contributed by atoms with van der Waals surface area (Å²) >= 11 is 0. The normalized spacial score (nSPS) is 11.9. The maximum absolute atomic E-state index is 11.6. The fraction of sp³-hybridized carbons (Fsp3) is 0.444. The van der Waals surface area contributed by atoms with Gasteiger partial charge in [-0.1, -0.05) is 20.8 Å². The third-order valence-electron chi connectivity index (χ3n) is 4.18. The van der Waals surface area contributed by atoms with E-state index in [1.807, 2.05) is 32.3 Å². The molecule has 0 saturated heterocycles. The van der Waals surface area contributed by atoms with Crippen molar-refractivity contribution in [1.29, 1.82) is 0 Å². The number of aliphatic hydroxyl groups is 1. The SMILES string of the molecule is Cc1c(C=O)c2cc(C(=O)O)cc(C(C)(C)C)c2n1CCCO.